The number of hydrogen-bond donors (Lipinski definition) is 1. The van der Waals surface area contributed by atoms with E-state index < -0.39 is 6.10 Å². The van der Waals surface area contributed by atoms with Crippen molar-refractivity contribution in [2.45, 2.75) is 39.1 Å². The fourth-order valence-electron chi connectivity index (χ4n) is 2.53. The van der Waals surface area contributed by atoms with Crippen LogP contribution in [0, 0.1) is 11.8 Å². The van der Waals surface area contributed by atoms with Gasteiger partial charge in [-0.2, -0.15) is 0 Å². The molecule has 0 amide bonds. The summed E-state index contributed by atoms with van der Waals surface area (Å²) in [5.74, 6) is 0.723. The summed E-state index contributed by atoms with van der Waals surface area (Å²) in [5, 5.41) is 10.1. The molecular weight excluding hydrogens is 276 g/mol. The van der Waals surface area contributed by atoms with Crippen LogP contribution in [0.5, 0.6) is 0 Å². The standard InChI is InChI=1S/C19H26O3/c1-14-8-7-11-18(22-16(3)19(14)20)15(2)12-21-13-17-9-5-4-6-10-17/h4-10,14-15,18-20H,3,11-13H2,1-2H3/b8-7-/t14-,15+,18-,19+/m0/s1. The number of rotatable bonds is 5. The first-order valence-corrected chi connectivity index (χ1v) is 7.89. The summed E-state index contributed by atoms with van der Waals surface area (Å²) in [6, 6.07) is 10.1. The van der Waals surface area contributed by atoms with Crippen molar-refractivity contribution >= 4 is 0 Å². The molecule has 0 fully saturated rings. The second-order valence-electron chi connectivity index (χ2n) is 6.07. The molecule has 1 N–H and O–H groups in total. The molecule has 22 heavy (non-hydrogen) atoms. The highest BCUT2D eigenvalue weighted by molar-refractivity contribution is 5.13. The molecule has 1 aliphatic heterocycles. The molecule has 0 saturated carbocycles. The zero-order chi connectivity index (χ0) is 15.9. The van der Waals surface area contributed by atoms with Crippen LogP contribution in [0.4, 0.5) is 0 Å². The monoisotopic (exact) mass is 302 g/mol. The second kappa shape index (κ2) is 8.16. The lowest BCUT2D eigenvalue weighted by atomic mass is 9.96. The topological polar surface area (TPSA) is 38.7 Å². The number of benzene rings is 1. The molecule has 2 rings (SSSR count). The smallest absolute Gasteiger partial charge is 0.118 e. The van der Waals surface area contributed by atoms with Gasteiger partial charge in [0.25, 0.3) is 0 Å². The molecule has 1 heterocycles. The predicted molar refractivity (Wildman–Crippen MR) is 88.2 cm³/mol. The lowest BCUT2D eigenvalue weighted by molar-refractivity contribution is -0.0162. The van der Waals surface area contributed by atoms with Gasteiger partial charge in [-0.1, -0.05) is 62.9 Å². The number of ether oxygens (including phenoxy) is 2. The van der Waals surface area contributed by atoms with Crippen molar-refractivity contribution in [2.75, 3.05) is 6.61 Å². The van der Waals surface area contributed by atoms with Crippen molar-refractivity contribution < 1.29 is 14.6 Å². The van der Waals surface area contributed by atoms with Crippen molar-refractivity contribution in [3.63, 3.8) is 0 Å². The van der Waals surface area contributed by atoms with E-state index in [1.807, 2.05) is 31.2 Å². The first kappa shape index (κ1) is 16.8. The maximum absolute atomic E-state index is 10.1. The van der Waals surface area contributed by atoms with Gasteiger partial charge in [0.15, 0.2) is 0 Å². The van der Waals surface area contributed by atoms with Gasteiger partial charge >= 0.3 is 0 Å². The van der Waals surface area contributed by atoms with Crippen LogP contribution in [0.2, 0.25) is 0 Å². The van der Waals surface area contributed by atoms with E-state index in [4.69, 9.17) is 9.47 Å². The van der Waals surface area contributed by atoms with Gasteiger partial charge < -0.3 is 14.6 Å². The molecule has 3 nitrogen and oxygen atoms in total. The maximum Gasteiger partial charge on any atom is 0.118 e. The first-order chi connectivity index (χ1) is 10.6. The van der Waals surface area contributed by atoms with Gasteiger partial charge in [-0.3, -0.25) is 0 Å². The Morgan fingerprint density at radius 1 is 1.36 bits per heavy atom. The molecule has 0 spiro atoms. The molecule has 0 saturated heterocycles. The number of hydrogen-bond acceptors (Lipinski definition) is 3. The van der Waals surface area contributed by atoms with Crippen LogP contribution in [0.1, 0.15) is 25.8 Å². The Bertz CT molecular complexity index is 495. The molecule has 1 aromatic carbocycles. The van der Waals surface area contributed by atoms with Crippen LogP contribution >= 0.6 is 0 Å². The summed E-state index contributed by atoms with van der Waals surface area (Å²) < 4.78 is 11.7. The van der Waals surface area contributed by atoms with Crippen LogP contribution in [-0.2, 0) is 16.1 Å². The number of aliphatic hydroxyl groups is 1. The van der Waals surface area contributed by atoms with E-state index in [0.29, 0.717) is 19.0 Å². The average Bonchev–Trinajstić information content (AvgIpc) is 2.52. The van der Waals surface area contributed by atoms with Gasteiger partial charge in [-0.25, -0.2) is 0 Å². The van der Waals surface area contributed by atoms with Crippen LogP contribution in [0.3, 0.4) is 0 Å². The van der Waals surface area contributed by atoms with Crippen molar-refractivity contribution in [3.05, 3.63) is 60.4 Å². The molecule has 0 aliphatic carbocycles. The normalized spacial score (nSPS) is 28.3. The van der Waals surface area contributed by atoms with Crippen LogP contribution in [-0.4, -0.2) is 23.9 Å². The summed E-state index contributed by atoms with van der Waals surface area (Å²) in [7, 11) is 0. The Labute approximate surface area is 133 Å². The lowest BCUT2D eigenvalue weighted by Crippen LogP contribution is -2.31. The van der Waals surface area contributed by atoms with E-state index in [1.54, 1.807) is 0 Å². The third-order valence-corrected chi connectivity index (χ3v) is 4.07. The van der Waals surface area contributed by atoms with E-state index in [0.717, 1.165) is 6.42 Å². The van der Waals surface area contributed by atoms with Crippen molar-refractivity contribution in [1.82, 2.24) is 0 Å². The fourth-order valence-corrected chi connectivity index (χ4v) is 2.53. The van der Waals surface area contributed by atoms with Gasteiger partial charge in [0.05, 0.1) is 13.2 Å². The zero-order valence-electron chi connectivity index (χ0n) is 13.4. The van der Waals surface area contributed by atoms with Gasteiger partial charge in [0.1, 0.15) is 18.0 Å². The molecule has 4 atom stereocenters. The number of aliphatic hydroxyl groups excluding tert-OH is 1. The average molecular weight is 302 g/mol. The highest BCUT2D eigenvalue weighted by Gasteiger charge is 2.25. The molecule has 1 aliphatic rings. The molecule has 1 aromatic rings. The Kier molecular flexibility index (Phi) is 6.22. The van der Waals surface area contributed by atoms with E-state index >= 15 is 0 Å². The molecule has 0 radical (unpaired) electrons. The minimum atomic E-state index is -0.642. The lowest BCUT2D eigenvalue weighted by Gasteiger charge is -2.30. The summed E-state index contributed by atoms with van der Waals surface area (Å²) in [4.78, 5) is 0. The molecule has 3 heteroatoms. The van der Waals surface area contributed by atoms with Crippen LogP contribution < -0.4 is 0 Å². The second-order valence-corrected chi connectivity index (χ2v) is 6.07. The minimum Gasteiger partial charge on any atom is -0.492 e. The third-order valence-electron chi connectivity index (χ3n) is 4.07. The Balaban J connectivity index is 1.84. The molecule has 0 unspecified atom stereocenters. The summed E-state index contributed by atoms with van der Waals surface area (Å²) in [6.07, 6.45) is 4.27. The van der Waals surface area contributed by atoms with Crippen LogP contribution in [0.15, 0.2) is 54.8 Å². The van der Waals surface area contributed by atoms with E-state index in [-0.39, 0.29) is 17.9 Å². The first-order valence-electron chi connectivity index (χ1n) is 7.89. The van der Waals surface area contributed by atoms with Gasteiger partial charge in [-0.05, 0) is 5.56 Å². The van der Waals surface area contributed by atoms with E-state index in [2.05, 4.69) is 31.7 Å². The maximum atomic E-state index is 10.1. The summed E-state index contributed by atoms with van der Waals surface area (Å²) in [5.41, 5.74) is 1.17. The predicted octanol–water partition coefficient (Wildman–Crippen LogP) is 3.70. The Morgan fingerprint density at radius 3 is 2.82 bits per heavy atom. The molecule has 0 bridgehead atoms. The largest absolute Gasteiger partial charge is 0.492 e. The highest BCUT2D eigenvalue weighted by atomic mass is 16.5. The van der Waals surface area contributed by atoms with Crippen molar-refractivity contribution in [3.8, 4) is 0 Å². The highest BCUT2D eigenvalue weighted by Crippen LogP contribution is 2.24. The SMILES string of the molecule is C=C1O[C@H]([C@H](C)COCc2ccccc2)C/C=C\[C@H](C)[C@H]1O. The van der Waals surface area contributed by atoms with E-state index in [1.165, 1.54) is 5.56 Å². The van der Waals surface area contributed by atoms with Crippen molar-refractivity contribution in [2.24, 2.45) is 11.8 Å². The van der Waals surface area contributed by atoms with Crippen molar-refractivity contribution in [1.29, 1.82) is 0 Å². The molecule has 120 valence electrons. The minimum absolute atomic E-state index is 0.0123. The van der Waals surface area contributed by atoms with Crippen LogP contribution in [0.25, 0.3) is 0 Å². The molecule has 0 aromatic heterocycles. The molecular formula is C19H26O3. The summed E-state index contributed by atoms with van der Waals surface area (Å²) in [6.45, 7) is 9.15. The van der Waals surface area contributed by atoms with Gasteiger partial charge in [0.2, 0.25) is 0 Å². The van der Waals surface area contributed by atoms with Gasteiger partial charge in [-0.15, -0.1) is 0 Å². The summed E-state index contributed by atoms with van der Waals surface area (Å²) >= 11 is 0. The van der Waals surface area contributed by atoms with E-state index in [9.17, 15) is 5.11 Å². The fraction of sp³-hybridized carbons (Fsp3) is 0.474. The Morgan fingerprint density at radius 2 is 2.09 bits per heavy atom. The Hall–Kier alpha value is -1.58. The third kappa shape index (κ3) is 4.72. The van der Waals surface area contributed by atoms with Gasteiger partial charge in [0, 0.05) is 18.3 Å². The quantitative estimate of drug-likeness (QED) is 0.843. The zero-order valence-corrected chi connectivity index (χ0v) is 13.4.